The highest BCUT2D eigenvalue weighted by Gasteiger charge is 2.13. The minimum atomic E-state index is -0.271. The lowest BCUT2D eigenvalue weighted by atomic mass is 10.2. The van der Waals surface area contributed by atoms with Crippen molar-refractivity contribution in [3.05, 3.63) is 36.4 Å². The van der Waals surface area contributed by atoms with Gasteiger partial charge < -0.3 is 25.6 Å². The van der Waals surface area contributed by atoms with Gasteiger partial charge in [0.05, 0.1) is 5.69 Å². The summed E-state index contributed by atoms with van der Waals surface area (Å²) in [5.74, 6) is -0.0420. The second-order valence-corrected chi connectivity index (χ2v) is 4.40. The second-order valence-electron chi connectivity index (χ2n) is 4.40. The molecule has 0 aliphatic heterocycles. The van der Waals surface area contributed by atoms with E-state index in [-0.39, 0.29) is 34.7 Å². The maximum absolute atomic E-state index is 9.47. The number of hydrogen-bond acceptors (Lipinski definition) is 7. The Balaban J connectivity index is 1.99. The maximum Gasteiger partial charge on any atom is 0.258 e. The van der Waals surface area contributed by atoms with Crippen LogP contribution in [0.15, 0.2) is 40.9 Å². The third-order valence-corrected chi connectivity index (χ3v) is 2.93. The normalized spacial score (nSPS) is 10.7. The van der Waals surface area contributed by atoms with Crippen LogP contribution >= 0.6 is 0 Å². The minimum Gasteiger partial charge on any atom is -0.506 e. The zero-order chi connectivity index (χ0) is 15.0. The first-order chi connectivity index (χ1) is 10.0. The van der Waals surface area contributed by atoms with Gasteiger partial charge in [0.25, 0.3) is 5.89 Å². The highest BCUT2D eigenvalue weighted by Crippen LogP contribution is 2.31. The summed E-state index contributed by atoms with van der Waals surface area (Å²) in [6.45, 7) is 0. The van der Waals surface area contributed by atoms with Crippen molar-refractivity contribution in [1.82, 2.24) is 10.1 Å². The van der Waals surface area contributed by atoms with Gasteiger partial charge in [0, 0.05) is 11.1 Å². The number of nitrogens with two attached hydrogens (primary N) is 1. The standard InChI is InChI=1S/C14H11N3O4/c15-9-5-8(2-3-10(9)18)14-16-13(17-21-14)7-1-4-11(19)12(20)6-7/h1-6,18-20H,15H2. The quantitative estimate of drug-likeness (QED) is 0.419. The second kappa shape index (κ2) is 4.71. The van der Waals surface area contributed by atoms with E-state index in [0.717, 1.165) is 0 Å². The van der Waals surface area contributed by atoms with Crippen LogP contribution in [0.5, 0.6) is 17.2 Å². The Morgan fingerprint density at radius 1 is 0.857 bits per heavy atom. The Labute approximate surface area is 118 Å². The number of nitrogens with zero attached hydrogens (tertiary/aromatic N) is 2. The molecule has 0 radical (unpaired) electrons. The minimum absolute atomic E-state index is 0.0260. The third kappa shape index (κ3) is 2.32. The van der Waals surface area contributed by atoms with Crippen LogP contribution in [0.1, 0.15) is 0 Å². The van der Waals surface area contributed by atoms with E-state index in [2.05, 4.69) is 10.1 Å². The summed E-state index contributed by atoms with van der Waals surface area (Å²) in [6, 6.07) is 8.75. The summed E-state index contributed by atoms with van der Waals surface area (Å²) >= 11 is 0. The van der Waals surface area contributed by atoms with Gasteiger partial charge in [-0.2, -0.15) is 4.98 Å². The van der Waals surface area contributed by atoms with E-state index in [9.17, 15) is 15.3 Å². The van der Waals surface area contributed by atoms with Gasteiger partial charge in [0.1, 0.15) is 5.75 Å². The monoisotopic (exact) mass is 285 g/mol. The van der Waals surface area contributed by atoms with Crippen LogP contribution in [0.3, 0.4) is 0 Å². The van der Waals surface area contributed by atoms with E-state index in [1.807, 2.05) is 0 Å². The van der Waals surface area contributed by atoms with Gasteiger partial charge in [-0.1, -0.05) is 5.16 Å². The number of aromatic nitrogens is 2. The molecule has 0 aliphatic carbocycles. The van der Waals surface area contributed by atoms with E-state index < -0.39 is 0 Å². The van der Waals surface area contributed by atoms with Gasteiger partial charge in [-0.3, -0.25) is 0 Å². The van der Waals surface area contributed by atoms with E-state index in [4.69, 9.17) is 10.3 Å². The molecule has 106 valence electrons. The smallest absolute Gasteiger partial charge is 0.258 e. The van der Waals surface area contributed by atoms with Crippen LogP contribution < -0.4 is 5.73 Å². The molecule has 3 aromatic rings. The van der Waals surface area contributed by atoms with Crippen molar-refractivity contribution < 1.29 is 19.8 Å². The molecule has 7 nitrogen and oxygen atoms in total. The molecule has 0 spiro atoms. The Morgan fingerprint density at radius 2 is 1.57 bits per heavy atom. The predicted octanol–water partition coefficient (Wildman–Crippen LogP) is 2.10. The van der Waals surface area contributed by atoms with E-state index >= 15 is 0 Å². The Hall–Kier alpha value is -3.22. The average molecular weight is 285 g/mol. The first-order valence-corrected chi connectivity index (χ1v) is 5.99. The number of phenolic OH excluding ortho intramolecular Hbond substituents is 3. The summed E-state index contributed by atoms with van der Waals surface area (Å²) in [5, 5.41) is 31.9. The van der Waals surface area contributed by atoms with Crippen molar-refractivity contribution in [2.45, 2.75) is 0 Å². The third-order valence-electron chi connectivity index (χ3n) is 2.93. The molecule has 1 heterocycles. The number of anilines is 1. The zero-order valence-corrected chi connectivity index (χ0v) is 10.7. The van der Waals surface area contributed by atoms with E-state index in [1.165, 1.54) is 24.3 Å². The average Bonchev–Trinajstić information content (AvgIpc) is 2.94. The molecule has 7 heteroatoms. The molecule has 0 fully saturated rings. The summed E-state index contributed by atoms with van der Waals surface area (Å²) in [7, 11) is 0. The van der Waals surface area contributed by atoms with Crippen LogP contribution in [0.25, 0.3) is 22.8 Å². The van der Waals surface area contributed by atoms with Crippen molar-refractivity contribution >= 4 is 5.69 Å². The van der Waals surface area contributed by atoms with Gasteiger partial charge in [-0.25, -0.2) is 0 Å². The molecule has 0 unspecified atom stereocenters. The van der Waals surface area contributed by atoms with Crippen LogP contribution in [-0.2, 0) is 0 Å². The van der Waals surface area contributed by atoms with Crippen LogP contribution in [0.4, 0.5) is 5.69 Å². The van der Waals surface area contributed by atoms with E-state index in [0.29, 0.717) is 11.1 Å². The number of rotatable bonds is 2. The Kier molecular flexibility index (Phi) is 2.87. The van der Waals surface area contributed by atoms with Crippen LogP contribution in [-0.4, -0.2) is 25.5 Å². The Morgan fingerprint density at radius 3 is 2.29 bits per heavy atom. The topological polar surface area (TPSA) is 126 Å². The molecule has 1 aromatic heterocycles. The molecule has 0 saturated heterocycles. The number of hydrogen-bond donors (Lipinski definition) is 4. The molecule has 0 atom stereocenters. The molecule has 0 amide bonds. The molecule has 5 N–H and O–H groups in total. The number of nitrogen functional groups attached to an aromatic ring is 1. The van der Waals surface area contributed by atoms with Crippen molar-refractivity contribution in [3.63, 3.8) is 0 Å². The van der Waals surface area contributed by atoms with Crippen LogP contribution in [0.2, 0.25) is 0 Å². The maximum atomic E-state index is 9.47. The fourth-order valence-electron chi connectivity index (χ4n) is 1.81. The van der Waals surface area contributed by atoms with Gasteiger partial charge >= 0.3 is 0 Å². The zero-order valence-electron chi connectivity index (χ0n) is 10.7. The highest BCUT2D eigenvalue weighted by molar-refractivity contribution is 5.67. The molecule has 21 heavy (non-hydrogen) atoms. The fraction of sp³-hybridized carbons (Fsp3) is 0. The molecular formula is C14H11N3O4. The lowest BCUT2D eigenvalue weighted by Crippen LogP contribution is -1.87. The van der Waals surface area contributed by atoms with Crippen molar-refractivity contribution in [1.29, 1.82) is 0 Å². The molecule has 3 rings (SSSR count). The number of benzene rings is 2. The van der Waals surface area contributed by atoms with Gasteiger partial charge in [-0.05, 0) is 36.4 Å². The Bertz CT molecular complexity index is 748. The van der Waals surface area contributed by atoms with Crippen molar-refractivity contribution in [3.8, 4) is 40.1 Å². The van der Waals surface area contributed by atoms with Gasteiger partial charge in [0.2, 0.25) is 5.82 Å². The van der Waals surface area contributed by atoms with Crippen molar-refractivity contribution in [2.75, 3.05) is 5.73 Å². The van der Waals surface area contributed by atoms with Crippen LogP contribution in [0, 0.1) is 0 Å². The summed E-state index contributed by atoms with van der Waals surface area (Å²) in [4.78, 5) is 4.18. The highest BCUT2D eigenvalue weighted by atomic mass is 16.5. The lowest BCUT2D eigenvalue weighted by molar-refractivity contribution is 0.404. The largest absolute Gasteiger partial charge is 0.506 e. The predicted molar refractivity (Wildman–Crippen MR) is 74.6 cm³/mol. The van der Waals surface area contributed by atoms with Gasteiger partial charge in [-0.15, -0.1) is 0 Å². The molecule has 2 aromatic carbocycles. The summed E-state index contributed by atoms with van der Waals surface area (Å²) < 4.78 is 5.13. The number of phenols is 3. The lowest BCUT2D eigenvalue weighted by Gasteiger charge is -1.99. The first kappa shape index (κ1) is 12.8. The molecule has 0 aliphatic rings. The summed E-state index contributed by atoms with van der Waals surface area (Å²) in [6.07, 6.45) is 0. The van der Waals surface area contributed by atoms with Gasteiger partial charge in [0.15, 0.2) is 11.5 Å². The number of aromatic hydroxyl groups is 3. The summed E-state index contributed by atoms with van der Waals surface area (Å²) in [5.41, 5.74) is 6.87. The van der Waals surface area contributed by atoms with Crippen molar-refractivity contribution in [2.24, 2.45) is 0 Å². The van der Waals surface area contributed by atoms with E-state index in [1.54, 1.807) is 12.1 Å². The fourth-order valence-corrected chi connectivity index (χ4v) is 1.81. The SMILES string of the molecule is Nc1cc(-c2nc(-c3ccc(O)c(O)c3)no2)ccc1O. The molecular weight excluding hydrogens is 274 g/mol. The first-order valence-electron chi connectivity index (χ1n) is 5.99. The molecule has 0 saturated carbocycles. The molecule has 0 bridgehead atoms.